The Morgan fingerprint density at radius 3 is 2.53 bits per heavy atom. The minimum Gasteiger partial charge on any atom is -0.337 e. The van der Waals surface area contributed by atoms with Crippen LogP contribution in [0, 0.1) is 0 Å². The number of alkyl halides is 3. The normalized spacial score (nSPS) is 15.4. The maximum absolute atomic E-state index is 12.9. The van der Waals surface area contributed by atoms with Crippen LogP contribution in [-0.2, 0) is 19.1 Å². The highest BCUT2D eigenvalue weighted by molar-refractivity contribution is 5.98. The molecule has 1 aromatic carbocycles. The van der Waals surface area contributed by atoms with Gasteiger partial charge in [-0.1, -0.05) is 6.92 Å². The average molecular weight is 243 g/mol. The molecule has 1 aliphatic heterocycles. The van der Waals surface area contributed by atoms with Crippen molar-refractivity contribution in [2.75, 3.05) is 7.05 Å². The van der Waals surface area contributed by atoms with Crippen molar-refractivity contribution in [1.29, 1.82) is 0 Å². The second-order valence-electron chi connectivity index (χ2n) is 4.18. The summed E-state index contributed by atoms with van der Waals surface area (Å²) in [6.07, 6.45) is -3.92. The monoisotopic (exact) mass is 243 g/mol. The van der Waals surface area contributed by atoms with Gasteiger partial charge in [0.25, 0.3) is 5.91 Å². The molecule has 1 aromatic rings. The number of aryl methyl sites for hydroxylation is 1. The number of benzene rings is 1. The molecule has 2 nitrogen and oxygen atoms in total. The minimum atomic E-state index is -4.40. The SMILES string of the molecule is CCc1cc2c(c(C(F)(F)F)c1)CN(C)C2=O. The van der Waals surface area contributed by atoms with Crippen molar-refractivity contribution in [3.05, 3.63) is 34.4 Å². The lowest BCUT2D eigenvalue weighted by atomic mass is 9.98. The van der Waals surface area contributed by atoms with Crippen molar-refractivity contribution in [2.24, 2.45) is 0 Å². The van der Waals surface area contributed by atoms with Crippen LogP contribution in [-0.4, -0.2) is 17.9 Å². The fourth-order valence-corrected chi connectivity index (χ4v) is 2.06. The standard InChI is InChI=1S/C12H12F3NO/c1-3-7-4-8-9(6-16(2)11(8)17)10(5-7)12(13,14)15/h4-5H,3,6H2,1-2H3. The predicted molar refractivity (Wildman–Crippen MR) is 56.6 cm³/mol. The lowest BCUT2D eigenvalue weighted by Crippen LogP contribution is -2.17. The first-order valence-electron chi connectivity index (χ1n) is 5.33. The van der Waals surface area contributed by atoms with Gasteiger partial charge < -0.3 is 4.90 Å². The molecule has 0 aliphatic carbocycles. The molecule has 0 bridgehead atoms. The molecule has 1 amide bonds. The van der Waals surface area contributed by atoms with Gasteiger partial charge in [0, 0.05) is 19.2 Å². The molecule has 0 spiro atoms. The molecule has 0 saturated carbocycles. The van der Waals surface area contributed by atoms with Crippen molar-refractivity contribution in [3.8, 4) is 0 Å². The summed E-state index contributed by atoms with van der Waals surface area (Å²) in [5, 5.41) is 0. The van der Waals surface area contributed by atoms with Gasteiger partial charge in [-0.3, -0.25) is 4.79 Å². The van der Waals surface area contributed by atoms with Gasteiger partial charge in [-0.15, -0.1) is 0 Å². The molecule has 5 heteroatoms. The van der Waals surface area contributed by atoms with E-state index >= 15 is 0 Å². The summed E-state index contributed by atoms with van der Waals surface area (Å²) >= 11 is 0. The average Bonchev–Trinajstić information content (AvgIpc) is 2.53. The first kappa shape index (κ1) is 12.0. The van der Waals surface area contributed by atoms with E-state index in [-0.39, 0.29) is 23.6 Å². The van der Waals surface area contributed by atoms with Crippen LogP contribution in [0.25, 0.3) is 0 Å². The quantitative estimate of drug-likeness (QED) is 0.742. The van der Waals surface area contributed by atoms with E-state index < -0.39 is 11.7 Å². The first-order valence-corrected chi connectivity index (χ1v) is 5.33. The second-order valence-corrected chi connectivity index (χ2v) is 4.18. The summed E-state index contributed by atoms with van der Waals surface area (Å²) in [6, 6.07) is 2.71. The molecule has 0 radical (unpaired) electrons. The lowest BCUT2D eigenvalue weighted by Gasteiger charge is -2.13. The van der Waals surface area contributed by atoms with E-state index in [2.05, 4.69) is 0 Å². The summed E-state index contributed by atoms with van der Waals surface area (Å²) in [5.74, 6) is -0.333. The van der Waals surface area contributed by atoms with Crippen LogP contribution in [0.2, 0.25) is 0 Å². The fourth-order valence-electron chi connectivity index (χ4n) is 2.06. The van der Waals surface area contributed by atoms with Gasteiger partial charge in [-0.05, 0) is 29.7 Å². The highest BCUT2D eigenvalue weighted by Gasteiger charge is 2.38. The molecular formula is C12H12F3NO. The largest absolute Gasteiger partial charge is 0.416 e. The molecule has 0 N–H and O–H groups in total. The van der Waals surface area contributed by atoms with Crippen LogP contribution in [0.3, 0.4) is 0 Å². The summed E-state index contributed by atoms with van der Waals surface area (Å²) < 4.78 is 38.7. The van der Waals surface area contributed by atoms with Gasteiger partial charge in [-0.2, -0.15) is 13.2 Å². The molecule has 1 heterocycles. The maximum Gasteiger partial charge on any atom is 0.416 e. The Morgan fingerprint density at radius 1 is 1.35 bits per heavy atom. The summed E-state index contributed by atoms with van der Waals surface area (Å²) in [6.45, 7) is 1.80. The number of hydrogen-bond acceptors (Lipinski definition) is 1. The van der Waals surface area contributed by atoms with Crippen molar-refractivity contribution >= 4 is 5.91 Å². The van der Waals surface area contributed by atoms with E-state index in [0.29, 0.717) is 12.0 Å². The second kappa shape index (κ2) is 3.75. The van der Waals surface area contributed by atoms with Crippen LogP contribution in [0.4, 0.5) is 13.2 Å². The van der Waals surface area contributed by atoms with Gasteiger partial charge in [0.15, 0.2) is 0 Å². The maximum atomic E-state index is 12.9. The van der Waals surface area contributed by atoms with Crippen LogP contribution >= 0.6 is 0 Å². The lowest BCUT2D eigenvalue weighted by molar-refractivity contribution is -0.138. The zero-order valence-electron chi connectivity index (χ0n) is 9.56. The molecule has 0 unspecified atom stereocenters. The molecule has 92 valence electrons. The number of halogens is 3. The smallest absolute Gasteiger partial charge is 0.337 e. The van der Waals surface area contributed by atoms with Crippen molar-refractivity contribution < 1.29 is 18.0 Å². The zero-order chi connectivity index (χ0) is 12.8. The number of rotatable bonds is 1. The van der Waals surface area contributed by atoms with Gasteiger partial charge in [0.05, 0.1) is 5.56 Å². The summed E-state index contributed by atoms with van der Waals surface area (Å²) in [4.78, 5) is 13.0. The van der Waals surface area contributed by atoms with E-state index in [9.17, 15) is 18.0 Å². The summed E-state index contributed by atoms with van der Waals surface area (Å²) in [7, 11) is 1.51. The Kier molecular flexibility index (Phi) is 2.64. The molecule has 0 fully saturated rings. The molecular weight excluding hydrogens is 231 g/mol. The number of carbonyl (C=O) groups excluding carboxylic acids is 1. The number of hydrogen-bond donors (Lipinski definition) is 0. The highest BCUT2D eigenvalue weighted by atomic mass is 19.4. The first-order chi connectivity index (χ1) is 7.84. The fraction of sp³-hybridized carbons (Fsp3) is 0.417. The number of nitrogens with zero attached hydrogens (tertiary/aromatic N) is 1. The van der Waals surface area contributed by atoms with E-state index in [0.717, 1.165) is 6.07 Å². The number of fused-ring (bicyclic) bond motifs is 1. The molecule has 17 heavy (non-hydrogen) atoms. The molecule has 2 rings (SSSR count). The number of carbonyl (C=O) groups is 1. The highest BCUT2D eigenvalue weighted by Crippen LogP contribution is 2.37. The minimum absolute atomic E-state index is 0.0347. The van der Waals surface area contributed by atoms with E-state index in [1.807, 2.05) is 0 Å². The Labute approximate surface area is 97.0 Å². The van der Waals surface area contributed by atoms with E-state index in [1.165, 1.54) is 11.9 Å². The third-order valence-electron chi connectivity index (χ3n) is 3.00. The Balaban J connectivity index is 2.66. The topological polar surface area (TPSA) is 20.3 Å². The Hall–Kier alpha value is -1.52. The van der Waals surface area contributed by atoms with Crippen molar-refractivity contribution in [3.63, 3.8) is 0 Å². The van der Waals surface area contributed by atoms with Crippen LogP contribution in [0.5, 0.6) is 0 Å². The van der Waals surface area contributed by atoms with E-state index in [1.54, 1.807) is 13.0 Å². The molecule has 0 atom stereocenters. The molecule has 0 saturated heterocycles. The zero-order valence-corrected chi connectivity index (χ0v) is 9.56. The third-order valence-corrected chi connectivity index (χ3v) is 3.00. The predicted octanol–water partition coefficient (Wildman–Crippen LogP) is 2.85. The van der Waals surface area contributed by atoms with Crippen LogP contribution in [0.1, 0.15) is 34.0 Å². The molecule has 1 aliphatic rings. The van der Waals surface area contributed by atoms with Gasteiger partial charge in [-0.25, -0.2) is 0 Å². The summed E-state index contributed by atoms with van der Waals surface area (Å²) in [5.41, 5.74) is 0.158. The Morgan fingerprint density at radius 2 is 2.00 bits per heavy atom. The van der Waals surface area contributed by atoms with Gasteiger partial charge >= 0.3 is 6.18 Å². The van der Waals surface area contributed by atoms with E-state index in [4.69, 9.17) is 0 Å². The van der Waals surface area contributed by atoms with Crippen LogP contribution in [0.15, 0.2) is 12.1 Å². The van der Waals surface area contributed by atoms with Gasteiger partial charge in [0.1, 0.15) is 0 Å². The van der Waals surface area contributed by atoms with Crippen molar-refractivity contribution in [2.45, 2.75) is 26.1 Å². The Bertz CT molecular complexity index is 479. The third kappa shape index (κ3) is 1.90. The van der Waals surface area contributed by atoms with Gasteiger partial charge in [0.2, 0.25) is 0 Å². The number of amides is 1. The van der Waals surface area contributed by atoms with Crippen LogP contribution < -0.4 is 0 Å². The molecule has 0 aromatic heterocycles. The van der Waals surface area contributed by atoms with Crippen molar-refractivity contribution in [1.82, 2.24) is 4.90 Å².